The van der Waals surface area contributed by atoms with Gasteiger partial charge in [-0.1, -0.05) is 29.8 Å². The summed E-state index contributed by atoms with van der Waals surface area (Å²) in [6, 6.07) is 14.2. The molecule has 1 N–H and O–H groups in total. The summed E-state index contributed by atoms with van der Waals surface area (Å²) in [5, 5.41) is 13.6. The Morgan fingerprint density at radius 1 is 1.12 bits per heavy atom. The first-order chi connectivity index (χ1) is 12.5. The van der Waals surface area contributed by atoms with Crippen LogP contribution in [-0.2, 0) is 4.79 Å². The van der Waals surface area contributed by atoms with Crippen molar-refractivity contribution < 1.29 is 9.72 Å². The second-order valence-corrected chi connectivity index (χ2v) is 6.48. The summed E-state index contributed by atoms with van der Waals surface area (Å²) in [4.78, 5) is 26.8. The quantitative estimate of drug-likeness (QED) is 0.643. The molecular formula is C18H19ClN4O3. The minimum atomic E-state index is -0.524. The Balaban J connectivity index is 1.51. The van der Waals surface area contributed by atoms with E-state index in [1.807, 2.05) is 18.2 Å². The van der Waals surface area contributed by atoms with Gasteiger partial charge in [-0.15, -0.1) is 0 Å². The zero-order valence-electron chi connectivity index (χ0n) is 14.1. The van der Waals surface area contributed by atoms with Crippen LogP contribution in [0.5, 0.6) is 0 Å². The summed E-state index contributed by atoms with van der Waals surface area (Å²) in [7, 11) is 0. The molecule has 0 unspecified atom stereocenters. The maximum Gasteiger partial charge on any atom is 0.271 e. The van der Waals surface area contributed by atoms with Crippen molar-refractivity contribution >= 4 is 34.6 Å². The first kappa shape index (κ1) is 18.2. The monoisotopic (exact) mass is 374 g/mol. The molecule has 0 bridgehead atoms. The molecule has 8 heteroatoms. The average Bonchev–Trinajstić information content (AvgIpc) is 2.64. The number of non-ortho nitro benzene ring substituents is 1. The predicted molar refractivity (Wildman–Crippen MR) is 102 cm³/mol. The number of para-hydroxylation sites is 1. The van der Waals surface area contributed by atoms with E-state index in [-0.39, 0.29) is 23.2 Å². The van der Waals surface area contributed by atoms with E-state index >= 15 is 0 Å². The molecule has 2 aromatic carbocycles. The first-order valence-electron chi connectivity index (χ1n) is 8.29. The molecule has 1 fully saturated rings. The predicted octanol–water partition coefficient (Wildman–Crippen LogP) is 3.01. The fraction of sp³-hybridized carbons (Fsp3) is 0.278. The molecular weight excluding hydrogens is 356 g/mol. The first-order valence-corrected chi connectivity index (χ1v) is 8.67. The molecule has 0 atom stereocenters. The van der Waals surface area contributed by atoms with Gasteiger partial charge in [0.15, 0.2) is 0 Å². The molecule has 0 aliphatic carbocycles. The third-order valence-electron chi connectivity index (χ3n) is 4.30. The number of carbonyl (C=O) groups is 1. The topological polar surface area (TPSA) is 78.7 Å². The lowest BCUT2D eigenvalue weighted by Crippen LogP contribution is -2.48. The van der Waals surface area contributed by atoms with Crippen LogP contribution in [-0.4, -0.2) is 48.5 Å². The van der Waals surface area contributed by atoms with E-state index in [0.29, 0.717) is 5.69 Å². The van der Waals surface area contributed by atoms with E-state index < -0.39 is 4.92 Å². The summed E-state index contributed by atoms with van der Waals surface area (Å²) >= 11 is 6.01. The maximum absolute atomic E-state index is 12.2. The third-order valence-corrected chi connectivity index (χ3v) is 4.61. The van der Waals surface area contributed by atoms with Gasteiger partial charge in [0.25, 0.3) is 5.69 Å². The number of nitro benzene ring substituents is 1. The number of hydrogen-bond acceptors (Lipinski definition) is 5. The van der Waals surface area contributed by atoms with Crippen molar-refractivity contribution in [1.82, 2.24) is 4.90 Å². The fourth-order valence-corrected chi connectivity index (χ4v) is 3.14. The van der Waals surface area contributed by atoms with Crippen LogP contribution in [0.2, 0.25) is 5.02 Å². The highest BCUT2D eigenvalue weighted by atomic mass is 35.5. The normalized spacial score (nSPS) is 14.9. The van der Waals surface area contributed by atoms with E-state index in [0.717, 1.165) is 26.2 Å². The van der Waals surface area contributed by atoms with Crippen molar-refractivity contribution in [2.45, 2.75) is 0 Å². The van der Waals surface area contributed by atoms with Gasteiger partial charge in [0, 0.05) is 44.0 Å². The Morgan fingerprint density at radius 2 is 1.81 bits per heavy atom. The SMILES string of the molecule is O=C(CN1CCN(c2ccccc2)CC1)Nc1ccc([N+](=O)[O-])cc1Cl. The number of carbonyl (C=O) groups excluding carboxylic acids is 1. The lowest BCUT2D eigenvalue weighted by Gasteiger charge is -2.35. The number of amides is 1. The second kappa shape index (κ2) is 8.16. The maximum atomic E-state index is 12.2. The van der Waals surface area contributed by atoms with E-state index in [1.165, 1.54) is 23.9 Å². The number of anilines is 2. The van der Waals surface area contributed by atoms with Crippen LogP contribution in [0.4, 0.5) is 17.1 Å². The Morgan fingerprint density at radius 3 is 2.42 bits per heavy atom. The van der Waals surface area contributed by atoms with Gasteiger partial charge in [-0.3, -0.25) is 19.8 Å². The summed E-state index contributed by atoms with van der Waals surface area (Å²) in [5.41, 5.74) is 1.46. The minimum absolute atomic E-state index is 0.106. The third kappa shape index (κ3) is 4.50. The highest BCUT2D eigenvalue weighted by Crippen LogP contribution is 2.26. The molecule has 0 aromatic heterocycles. The van der Waals surface area contributed by atoms with Crippen LogP contribution in [0.3, 0.4) is 0 Å². The van der Waals surface area contributed by atoms with Crippen molar-refractivity contribution in [3.05, 3.63) is 63.7 Å². The van der Waals surface area contributed by atoms with Gasteiger partial charge in [-0.2, -0.15) is 0 Å². The molecule has 26 heavy (non-hydrogen) atoms. The lowest BCUT2D eigenvalue weighted by atomic mass is 10.2. The zero-order chi connectivity index (χ0) is 18.5. The zero-order valence-corrected chi connectivity index (χ0v) is 14.9. The van der Waals surface area contributed by atoms with Crippen LogP contribution in [0.25, 0.3) is 0 Å². The highest BCUT2D eigenvalue weighted by Gasteiger charge is 2.20. The Bertz CT molecular complexity index is 792. The van der Waals surface area contributed by atoms with Crippen LogP contribution >= 0.6 is 11.6 Å². The standard InChI is InChI=1S/C18H19ClN4O3/c19-16-12-15(23(25)26)6-7-17(16)20-18(24)13-21-8-10-22(11-9-21)14-4-2-1-3-5-14/h1-7,12H,8-11,13H2,(H,20,24). The van der Waals surface area contributed by atoms with Crippen LogP contribution < -0.4 is 10.2 Å². The Kier molecular flexibility index (Phi) is 5.70. The number of halogens is 1. The Hall–Kier alpha value is -2.64. The largest absolute Gasteiger partial charge is 0.369 e. The summed E-state index contributed by atoms with van der Waals surface area (Å²) < 4.78 is 0. The van der Waals surface area contributed by atoms with Crippen molar-refractivity contribution in [3.8, 4) is 0 Å². The van der Waals surface area contributed by atoms with Gasteiger partial charge < -0.3 is 10.2 Å². The van der Waals surface area contributed by atoms with Crippen molar-refractivity contribution in [2.24, 2.45) is 0 Å². The van der Waals surface area contributed by atoms with Crippen LogP contribution in [0.1, 0.15) is 0 Å². The molecule has 136 valence electrons. The van der Waals surface area contributed by atoms with Crippen molar-refractivity contribution in [2.75, 3.05) is 42.9 Å². The summed E-state index contributed by atoms with van der Waals surface area (Å²) in [6.07, 6.45) is 0. The van der Waals surface area contributed by atoms with Gasteiger partial charge in [0.1, 0.15) is 0 Å². The number of rotatable bonds is 5. The fourth-order valence-electron chi connectivity index (χ4n) is 2.91. The van der Waals surface area contributed by atoms with Gasteiger partial charge in [-0.25, -0.2) is 0 Å². The van der Waals surface area contributed by atoms with E-state index in [4.69, 9.17) is 11.6 Å². The van der Waals surface area contributed by atoms with Crippen molar-refractivity contribution in [1.29, 1.82) is 0 Å². The Labute approximate surface area is 156 Å². The molecule has 1 saturated heterocycles. The summed E-state index contributed by atoms with van der Waals surface area (Å²) in [6.45, 7) is 3.55. The molecule has 0 spiro atoms. The number of nitrogens with zero attached hydrogens (tertiary/aromatic N) is 3. The molecule has 3 rings (SSSR count). The molecule has 1 heterocycles. The number of benzene rings is 2. The second-order valence-electron chi connectivity index (χ2n) is 6.07. The molecule has 0 saturated carbocycles. The molecule has 0 radical (unpaired) electrons. The van der Waals surface area contributed by atoms with Gasteiger partial charge >= 0.3 is 0 Å². The minimum Gasteiger partial charge on any atom is -0.369 e. The van der Waals surface area contributed by atoms with E-state index in [1.54, 1.807) is 0 Å². The van der Waals surface area contributed by atoms with Crippen LogP contribution in [0.15, 0.2) is 48.5 Å². The van der Waals surface area contributed by atoms with Gasteiger partial charge in [-0.05, 0) is 18.2 Å². The van der Waals surface area contributed by atoms with Gasteiger partial charge in [0.2, 0.25) is 5.91 Å². The highest BCUT2D eigenvalue weighted by molar-refractivity contribution is 6.34. The number of nitrogens with one attached hydrogen (secondary N) is 1. The molecule has 1 amide bonds. The lowest BCUT2D eigenvalue weighted by molar-refractivity contribution is -0.384. The van der Waals surface area contributed by atoms with E-state index in [2.05, 4.69) is 27.2 Å². The molecule has 2 aromatic rings. The summed E-state index contributed by atoms with van der Waals surface area (Å²) in [5.74, 6) is -0.186. The molecule has 1 aliphatic heterocycles. The number of nitro groups is 1. The average molecular weight is 375 g/mol. The van der Waals surface area contributed by atoms with Crippen molar-refractivity contribution in [3.63, 3.8) is 0 Å². The number of hydrogen-bond donors (Lipinski definition) is 1. The smallest absolute Gasteiger partial charge is 0.271 e. The van der Waals surface area contributed by atoms with Crippen LogP contribution in [0, 0.1) is 10.1 Å². The molecule has 7 nitrogen and oxygen atoms in total. The van der Waals surface area contributed by atoms with Gasteiger partial charge in [0.05, 0.1) is 22.2 Å². The molecule has 1 aliphatic rings. The number of piperazine rings is 1. The van der Waals surface area contributed by atoms with E-state index in [9.17, 15) is 14.9 Å².